The molecule has 0 aliphatic carbocycles. The van der Waals surface area contributed by atoms with Crippen molar-refractivity contribution in [1.29, 1.82) is 0 Å². The fourth-order valence-corrected chi connectivity index (χ4v) is 21.7. The second-order valence-electron chi connectivity index (χ2n) is 34.5. The van der Waals surface area contributed by atoms with E-state index in [1.54, 1.807) is 103 Å². The summed E-state index contributed by atoms with van der Waals surface area (Å²) in [6.07, 6.45) is 0.814. The SMILES string of the molecule is C.CCc1cccc(S(=O)(=O)N2CCN(c3nc(C)cc(Nc4ccc(F)cc4)n3)CC2)c1.COC(=O)Cc1cccc(S(=O)(=O)N2CCN(c3nc(C)cc(Nc4ccc(F)cc4)n3)CC2)c1.Cc1cc(Nc2ccc(F)cc2)nc(N2CCN(S(=O)(=O)c3ccc(OC(C)C)cc3)CC2)n1.Cc1ccc(Nc2cc(C)nc(N3CCN(S(=O)(=O)c4cc(C(=O)Nc5cc(C)c(F)c(F)c5)ccc4F)CC3)n2)cc1.S. The van der Waals surface area contributed by atoms with Crippen LogP contribution in [-0.4, -0.2) is 221 Å². The van der Waals surface area contributed by atoms with Crippen molar-refractivity contribution in [2.24, 2.45) is 0 Å². The van der Waals surface area contributed by atoms with Gasteiger partial charge in [0.15, 0.2) is 11.6 Å². The number of amides is 1. The molecule has 13 aromatic rings. The van der Waals surface area contributed by atoms with Crippen molar-refractivity contribution in [2.45, 2.75) is 108 Å². The molecule has 0 bridgehead atoms. The number of methoxy groups -OCH3 is 1. The zero-order chi connectivity index (χ0) is 103. The molecule has 1 amide bonds. The molecule has 0 atom stereocenters. The third kappa shape index (κ3) is 29.0. The largest absolute Gasteiger partial charge is 0.491 e. The summed E-state index contributed by atoms with van der Waals surface area (Å²) in [4.78, 5) is 68.6. The van der Waals surface area contributed by atoms with E-state index in [1.807, 2.05) is 117 Å². The van der Waals surface area contributed by atoms with Gasteiger partial charge in [0, 0.05) is 192 Å². The third-order valence-electron chi connectivity index (χ3n) is 23.3. The number of hydrogen-bond donors (Lipinski definition) is 5. The molecule has 4 aromatic heterocycles. The quantitative estimate of drug-likeness (QED) is 0.0236. The first kappa shape index (κ1) is 111. The summed E-state index contributed by atoms with van der Waals surface area (Å²) >= 11 is 0. The standard InChI is InChI=1S/C30H29F3N6O3S.C24H26FN5O4S.C24H28FN5O3S.C23H26FN5O2S.CH4.H2S/c1-18-4-7-22(8-5-18)35-27-15-20(3)34-30(37-27)38-10-12-39(13-11-38)43(41,42)26-16-21(6-9-24(26)31)29(40)36-23-14-19(2)28(33)25(32)17-23;1-17-14-22(27-20-8-6-19(25)7-9-20)28-24(26-17)29-10-12-30(13-11-29)35(32,33)21-5-3-4-18(15-21)16-23(31)34-2;1-17(2)33-21-8-10-22(11-9-21)34(31,32)30-14-12-29(13-15-30)24-26-18(3)16-23(28-24)27-20-6-4-19(25)5-7-20;1-3-18-5-4-6-21(16-18)32(30,31)29-13-11-28(12-14-29)23-25-17(2)15-22(27-23)26-20-9-7-19(24)8-10-20;;/h4-9,14-17H,10-13H2,1-3H3,(H,36,40)(H,34,35,37);3-9,14-15H,10-13,16H2,1-2H3,(H,26,27,28);4-11,16-17H,12-15H2,1-3H3,(H,26,27,28);4-10,15-16H,3,11-14H2,1-2H3,(H,25,26,27);1H4;1H2. The number of halogens is 6. The first-order chi connectivity index (χ1) is 68.7. The van der Waals surface area contributed by atoms with Crippen molar-refractivity contribution in [1.82, 2.24) is 57.1 Å². The van der Waals surface area contributed by atoms with E-state index in [0.29, 0.717) is 140 Å². The third-order valence-corrected chi connectivity index (χ3v) is 30.9. The van der Waals surface area contributed by atoms with E-state index < -0.39 is 74.3 Å². The van der Waals surface area contributed by atoms with Crippen LogP contribution in [0.2, 0.25) is 0 Å². The molecular weight excluding hydrogens is 1990 g/mol. The van der Waals surface area contributed by atoms with E-state index in [4.69, 9.17) is 4.74 Å². The Balaban J connectivity index is 0.000000173. The van der Waals surface area contributed by atoms with Gasteiger partial charge in [0.05, 0.1) is 34.3 Å². The lowest BCUT2D eigenvalue weighted by atomic mass is 10.1. The van der Waals surface area contributed by atoms with Gasteiger partial charge in [-0.1, -0.05) is 56.3 Å². The van der Waals surface area contributed by atoms with Gasteiger partial charge in [-0.05, 0) is 236 Å². The number of anilines is 13. The number of nitrogens with one attached hydrogen (secondary N) is 5. The first-order valence-electron chi connectivity index (χ1n) is 46.1. The van der Waals surface area contributed by atoms with Crippen LogP contribution in [-0.2, 0) is 62.5 Å². The molecule has 5 N–H and O–H groups in total. The van der Waals surface area contributed by atoms with Gasteiger partial charge in [-0.25, -0.2) is 79.9 Å². The van der Waals surface area contributed by atoms with Crippen LogP contribution in [0.5, 0.6) is 5.75 Å². The van der Waals surface area contributed by atoms with Crippen molar-refractivity contribution in [2.75, 3.05) is 158 Å². The Morgan fingerprint density at radius 1 is 0.370 bits per heavy atom. The fraction of sp³-hybridized carbons (Fsp3) is 0.294. The van der Waals surface area contributed by atoms with Gasteiger partial charge in [-0.2, -0.15) is 50.7 Å². The molecule has 17 rings (SSSR count). The minimum Gasteiger partial charge on any atom is -0.491 e. The molecule has 0 radical (unpaired) electrons. The second-order valence-corrected chi connectivity index (χ2v) is 42.2. The number of piperazine rings is 4. The minimum absolute atomic E-state index is 0. The predicted molar refractivity (Wildman–Crippen MR) is 557 cm³/mol. The number of carbonyl (C=O) groups is 2. The molecule has 33 nitrogen and oxygen atoms in total. The van der Waals surface area contributed by atoms with Crippen LogP contribution < -0.4 is 50.9 Å². The van der Waals surface area contributed by atoms with E-state index in [0.717, 1.165) is 80.3 Å². The molecule has 4 saturated heterocycles. The number of ether oxygens (including phenoxy) is 2. The topological polar surface area (TPSA) is 378 Å². The number of aromatic nitrogens is 8. The molecule has 772 valence electrons. The molecule has 4 fully saturated rings. The van der Waals surface area contributed by atoms with Gasteiger partial charge >= 0.3 is 5.97 Å². The van der Waals surface area contributed by atoms with Crippen molar-refractivity contribution in [3.63, 3.8) is 0 Å². The minimum atomic E-state index is -4.32. The van der Waals surface area contributed by atoms with Gasteiger partial charge in [0.1, 0.15) is 57.2 Å². The Morgan fingerprint density at radius 3 is 1.06 bits per heavy atom. The Bertz CT molecular complexity index is 7210. The van der Waals surface area contributed by atoms with Crippen LogP contribution in [0.25, 0.3) is 0 Å². The summed E-state index contributed by atoms with van der Waals surface area (Å²) in [6.45, 7) is 21.8. The van der Waals surface area contributed by atoms with E-state index in [1.165, 1.54) is 81.5 Å². The van der Waals surface area contributed by atoms with Crippen molar-refractivity contribution in [3.05, 3.63) is 310 Å². The normalized spacial score (nSPS) is 14.4. The zero-order valence-electron chi connectivity index (χ0n) is 81.1. The van der Waals surface area contributed by atoms with Gasteiger partial charge in [0.25, 0.3) is 5.91 Å². The van der Waals surface area contributed by atoms with Gasteiger partial charge in [-0.15, -0.1) is 0 Å². The average molecular weight is 2100 g/mol. The molecule has 0 saturated carbocycles. The Labute approximate surface area is 853 Å². The average Bonchev–Trinajstić information content (AvgIpc) is 0.776. The summed E-state index contributed by atoms with van der Waals surface area (Å²) in [5.74, 6) is -0.387. The molecule has 0 unspecified atom stereocenters. The summed E-state index contributed by atoms with van der Waals surface area (Å²) in [5.41, 5.74) is 8.52. The molecule has 4 aliphatic rings. The molecule has 44 heteroatoms. The summed E-state index contributed by atoms with van der Waals surface area (Å²) in [6, 6.07) is 58.1. The Hall–Kier alpha value is -14.0. The lowest BCUT2D eigenvalue weighted by Gasteiger charge is -2.34. The smallest absolute Gasteiger partial charge is 0.309 e. The van der Waals surface area contributed by atoms with Crippen molar-refractivity contribution < 1.29 is 79.1 Å². The van der Waals surface area contributed by atoms with Gasteiger partial charge < -0.3 is 55.7 Å². The number of hydrogen-bond acceptors (Lipinski definition) is 28. The molecule has 146 heavy (non-hydrogen) atoms. The van der Waals surface area contributed by atoms with E-state index in [9.17, 15) is 69.6 Å². The summed E-state index contributed by atoms with van der Waals surface area (Å²) in [5, 5.41) is 15.1. The maximum Gasteiger partial charge on any atom is 0.309 e. The molecule has 4 aliphatic heterocycles. The number of benzene rings is 9. The molecule has 9 aromatic carbocycles. The van der Waals surface area contributed by atoms with Crippen LogP contribution >= 0.6 is 13.5 Å². The number of sulfonamides is 4. The summed E-state index contributed by atoms with van der Waals surface area (Å²) < 4.78 is 203. The van der Waals surface area contributed by atoms with Gasteiger partial charge in [0.2, 0.25) is 63.9 Å². The Kier molecular flexibility index (Phi) is 37.4. The lowest BCUT2D eigenvalue weighted by molar-refractivity contribution is -0.139. The fourth-order valence-electron chi connectivity index (χ4n) is 15.7. The number of nitrogens with zero attached hydrogens (tertiary/aromatic N) is 16. The lowest BCUT2D eigenvalue weighted by Crippen LogP contribution is -2.49. The highest BCUT2D eigenvalue weighted by Crippen LogP contribution is 2.33. The maximum absolute atomic E-state index is 14.8. The molecule has 0 spiro atoms. The molecule has 8 heterocycles. The van der Waals surface area contributed by atoms with Crippen LogP contribution in [0, 0.1) is 76.4 Å². The van der Waals surface area contributed by atoms with E-state index >= 15 is 0 Å². The number of rotatable bonds is 27. The van der Waals surface area contributed by atoms with Crippen molar-refractivity contribution in [3.8, 4) is 5.75 Å². The zero-order valence-corrected chi connectivity index (χ0v) is 85.4. The Morgan fingerprint density at radius 2 is 0.712 bits per heavy atom. The summed E-state index contributed by atoms with van der Waals surface area (Å²) in [7, 11) is -13.9. The van der Waals surface area contributed by atoms with E-state index in [-0.39, 0.29) is 117 Å². The first-order valence-corrected chi connectivity index (χ1v) is 51.9. The van der Waals surface area contributed by atoms with Crippen LogP contribution in [0.1, 0.15) is 83.6 Å². The van der Waals surface area contributed by atoms with Crippen LogP contribution in [0.3, 0.4) is 0 Å². The monoisotopic (exact) mass is 2100 g/mol. The highest BCUT2D eigenvalue weighted by molar-refractivity contribution is 7.90. The number of carbonyl (C=O) groups excluding carboxylic acids is 2. The molecular formula is C102H115F6N21O12S5. The van der Waals surface area contributed by atoms with Crippen LogP contribution in [0.4, 0.5) is 102 Å². The van der Waals surface area contributed by atoms with Gasteiger partial charge in [-0.3, -0.25) is 9.59 Å². The van der Waals surface area contributed by atoms with Crippen molar-refractivity contribution >= 4 is 141 Å². The predicted octanol–water partition coefficient (Wildman–Crippen LogP) is 16.7. The van der Waals surface area contributed by atoms with Crippen LogP contribution in [0.15, 0.2) is 244 Å². The number of aryl methyl sites for hydroxylation is 7. The second kappa shape index (κ2) is 49.3. The highest BCUT2D eigenvalue weighted by Gasteiger charge is 2.36. The highest BCUT2D eigenvalue weighted by atomic mass is 32.2. The number of esters is 1. The maximum atomic E-state index is 14.8. The van der Waals surface area contributed by atoms with E-state index in [2.05, 4.69) is 71.2 Å².